The molecule has 0 radical (unpaired) electrons. The van der Waals surface area contributed by atoms with Gasteiger partial charge in [0.2, 0.25) is 5.91 Å². The maximum absolute atomic E-state index is 12.4. The first kappa shape index (κ1) is 13.3. The van der Waals surface area contributed by atoms with E-state index in [4.69, 9.17) is 4.74 Å². The van der Waals surface area contributed by atoms with Crippen LogP contribution >= 0.6 is 0 Å². The lowest BCUT2D eigenvalue weighted by molar-refractivity contribution is -0.143. The van der Waals surface area contributed by atoms with E-state index in [2.05, 4.69) is 15.1 Å². The maximum atomic E-state index is 12.4. The van der Waals surface area contributed by atoms with E-state index in [0.717, 1.165) is 72.1 Å². The van der Waals surface area contributed by atoms with Crippen LogP contribution in [-0.4, -0.2) is 98.8 Å². The van der Waals surface area contributed by atoms with Crippen molar-refractivity contribution in [3.63, 3.8) is 0 Å². The van der Waals surface area contributed by atoms with Crippen LogP contribution in [0, 0.1) is 0 Å². The first-order valence-corrected chi connectivity index (χ1v) is 7.38. The lowest BCUT2D eigenvalue weighted by Gasteiger charge is -2.43. The van der Waals surface area contributed by atoms with Crippen LogP contribution < -0.4 is 5.32 Å². The van der Waals surface area contributed by atoms with Gasteiger partial charge in [0, 0.05) is 58.9 Å². The molecule has 6 nitrogen and oxygen atoms in total. The molecule has 0 spiro atoms. The predicted molar refractivity (Wildman–Crippen MR) is 72.1 cm³/mol. The topological polar surface area (TPSA) is 48.1 Å². The van der Waals surface area contributed by atoms with E-state index in [9.17, 15) is 4.79 Å². The van der Waals surface area contributed by atoms with Crippen LogP contribution in [0.4, 0.5) is 0 Å². The van der Waals surface area contributed by atoms with E-state index >= 15 is 0 Å². The van der Waals surface area contributed by atoms with Gasteiger partial charge in [-0.25, -0.2) is 0 Å². The molecule has 3 aliphatic rings. The first-order chi connectivity index (χ1) is 9.34. The van der Waals surface area contributed by atoms with Gasteiger partial charge in [0.05, 0.1) is 13.2 Å². The van der Waals surface area contributed by atoms with Crippen LogP contribution in [0.15, 0.2) is 0 Å². The Hall–Kier alpha value is -0.690. The van der Waals surface area contributed by atoms with Gasteiger partial charge in [-0.2, -0.15) is 0 Å². The van der Waals surface area contributed by atoms with E-state index in [-0.39, 0.29) is 6.04 Å². The summed E-state index contributed by atoms with van der Waals surface area (Å²) in [7, 11) is 0. The Morgan fingerprint density at radius 1 is 1.11 bits per heavy atom. The second kappa shape index (κ2) is 6.17. The minimum atomic E-state index is 0.0761. The standard InChI is InChI=1S/C13H24N4O2/c18-13-12-11-14-1-2-16(12)5-6-17(13)4-3-15-7-9-19-10-8-15/h12,14H,1-11H2. The molecule has 3 fully saturated rings. The van der Waals surface area contributed by atoms with Crippen molar-refractivity contribution in [3.8, 4) is 0 Å². The molecule has 3 rings (SSSR count). The molecule has 0 aromatic carbocycles. The third-order valence-corrected chi connectivity index (χ3v) is 4.40. The van der Waals surface area contributed by atoms with Crippen molar-refractivity contribution < 1.29 is 9.53 Å². The number of carbonyl (C=O) groups excluding carboxylic acids is 1. The van der Waals surface area contributed by atoms with Gasteiger partial charge < -0.3 is 15.0 Å². The Labute approximate surface area is 114 Å². The molecule has 0 aliphatic carbocycles. The number of hydrogen-bond donors (Lipinski definition) is 1. The number of fused-ring (bicyclic) bond motifs is 1. The molecule has 0 aromatic rings. The zero-order chi connectivity index (χ0) is 13.1. The van der Waals surface area contributed by atoms with Crippen molar-refractivity contribution in [1.82, 2.24) is 20.0 Å². The zero-order valence-electron chi connectivity index (χ0n) is 11.5. The minimum absolute atomic E-state index is 0.0761. The van der Waals surface area contributed by atoms with E-state index in [1.165, 1.54) is 0 Å². The summed E-state index contributed by atoms with van der Waals surface area (Å²) in [6.45, 7) is 10.2. The second-order valence-electron chi connectivity index (χ2n) is 5.54. The summed E-state index contributed by atoms with van der Waals surface area (Å²) in [4.78, 5) is 19.2. The second-order valence-corrected chi connectivity index (χ2v) is 5.54. The quantitative estimate of drug-likeness (QED) is 0.670. The summed E-state index contributed by atoms with van der Waals surface area (Å²) in [6.07, 6.45) is 0. The van der Waals surface area contributed by atoms with Crippen molar-refractivity contribution in [3.05, 3.63) is 0 Å². The summed E-state index contributed by atoms with van der Waals surface area (Å²) in [5.41, 5.74) is 0. The van der Waals surface area contributed by atoms with Crippen molar-refractivity contribution in [1.29, 1.82) is 0 Å². The normalized spacial score (nSPS) is 30.4. The smallest absolute Gasteiger partial charge is 0.241 e. The van der Waals surface area contributed by atoms with Crippen LogP contribution in [0.1, 0.15) is 0 Å². The Morgan fingerprint density at radius 3 is 2.79 bits per heavy atom. The molecule has 3 heterocycles. The van der Waals surface area contributed by atoms with Crippen LogP contribution in [0.3, 0.4) is 0 Å². The molecule has 3 saturated heterocycles. The van der Waals surface area contributed by atoms with E-state index < -0.39 is 0 Å². The zero-order valence-corrected chi connectivity index (χ0v) is 11.5. The molecule has 1 unspecified atom stereocenters. The Balaban J connectivity index is 1.49. The molecule has 3 aliphatic heterocycles. The number of hydrogen-bond acceptors (Lipinski definition) is 5. The monoisotopic (exact) mass is 268 g/mol. The predicted octanol–water partition coefficient (Wildman–Crippen LogP) is -1.57. The SMILES string of the molecule is O=C1C2CNCCN2CCN1CCN1CCOCC1. The molecule has 0 aromatic heterocycles. The van der Waals surface area contributed by atoms with Gasteiger partial charge in [0.25, 0.3) is 0 Å². The molecule has 0 saturated carbocycles. The minimum Gasteiger partial charge on any atom is -0.379 e. The molecular weight excluding hydrogens is 244 g/mol. The van der Waals surface area contributed by atoms with Gasteiger partial charge in [-0.15, -0.1) is 0 Å². The lowest BCUT2D eigenvalue weighted by Crippen LogP contribution is -2.64. The molecule has 1 amide bonds. The van der Waals surface area contributed by atoms with Crippen LogP contribution in [0.25, 0.3) is 0 Å². The van der Waals surface area contributed by atoms with Crippen molar-refractivity contribution in [2.24, 2.45) is 0 Å². The molecule has 19 heavy (non-hydrogen) atoms. The fourth-order valence-electron chi connectivity index (χ4n) is 3.14. The Bertz CT molecular complexity index is 320. The highest BCUT2D eigenvalue weighted by atomic mass is 16.5. The largest absolute Gasteiger partial charge is 0.379 e. The van der Waals surface area contributed by atoms with Gasteiger partial charge >= 0.3 is 0 Å². The van der Waals surface area contributed by atoms with Gasteiger partial charge in [-0.3, -0.25) is 14.6 Å². The summed E-state index contributed by atoms with van der Waals surface area (Å²) in [5, 5.41) is 3.32. The molecular formula is C13H24N4O2. The Kier molecular flexibility index (Phi) is 4.32. The van der Waals surface area contributed by atoms with Gasteiger partial charge in [-0.05, 0) is 0 Å². The number of amides is 1. The third-order valence-electron chi connectivity index (χ3n) is 4.40. The highest BCUT2D eigenvalue weighted by Gasteiger charge is 2.35. The number of ether oxygens (including phenoxy) is 1. The van der Waals surface area contributed by atoms with Crippen molar-refractivity contribution in [2.45, 2.75) is 6.04 Å². The van der Waals surface area contributed by atoms with E-state index in [0.29, 0.717) is 5.91 Å². The molecule has 1 N–H and O–H groups in total. The Morgan fingerprint density at radius 2 is 1.95 bits per heavy atom. The summed E-state index contributed by atoms with van der Waals surface area (Å²) in [5.74, 6) is 0.312. The number of morpholine rings is 1. The fraction of sp³-hybridized carbons (Fsp3) is 0.923. The van der Waals surface area contributed by atoms with Crippen molar-refractivity contribution in [2.75, 3.05) is 72.1 Å². The fourth-order valence-corrected chi connectivity index (χ4v) is 3.14. The highest BCUT2D eigenvalue weighted by molar-refractivity contribution is 5.83. The maximum Gasteiger partial charge on any atom is 0.241 e. The lowest BCUT2D eigenvalue weighted by atomic mass is 10.1. The number of carbonyl (C=O) groups is 1. The van der Waals surface area contributed by atoms with Gasteiger partial charge in [0.1, 0.15) is 6.04 Å². The van der Waals surface area contributed by atoms with Gasteiger partial charge in [-0.1, -0.05) is 0 Å². The van der Waals surface area contributed by atoms with Crippen molar-refractivity contribution >= 4 is 5.91 Å². The molecule has 6 heteroatoms. The number of piperazine rings is 2. The summed E-state index contributed by atoms with van der Waals surface area (Å²) in [6, 6.07) is 0.0761. The summed E-state index contributed by atoms with van der Waals surface area (Å²) < 4.78 is 5.35. The highest BCUT2D eigenvalue weighted by Crippen LogP contribution is 2.13. The average molecular weight is 268 g/mol. The van der Waals surface area contributed by atoms with Crippen LogP contribution in [0.2, 0.25) is 0 Å². The van der Waals surface area contributed by atoms with Crippen LogP contribution in [0.5, 0.6) is 0 Å². The molecule has 108 valence electrons. The number of rotatable bonds is 3. The van der Waals surface area contributed by atoms with Gasteiger partial charge in [0.15, 0.2) is 0 Å². The number of nitrogens with zero attached hydrogens (tertiary/aromatic N) is 3. The number of nitrogens with one attached hydrogen (secondary N) is 1. The molecule has 1 atom stereocenters. The van der Waals surface area contributed by atoms with E-state index in [1.54, 1.807) is 0 Å². The molecule has 0 bridgehead atoms. The summed E-state index contributed by atoms with van der Waals surface area (Å²) >= 11 is 0. The third kappa shape index (κ3) is 3.08. The average Bonchev–Trinajstić information content (AvgIpc) is 2.48. The van der Waals surface area contributed by atoms with E-state index in [1.807, 2.05) is 4.90 Å². The first-order valence-electron chi connectivity index (χ1n) is 7.38. The van der Waals surface area contributed by atoms with Crippen LogP contribution in [-0.2, 0) is 9.53 Å².